The fourth-order valence-corrected chi connectivity index (χ4v) is 5.26. The number of methoxy groups -OCH3 is 1. The number of benzene rings is 3. The third kappa shape index (κ3) is 5.12. The highest BCUT2D eigenvalue weighted by Crippen LogP contribution is 2.34. The molecule has 0 aliphatic carbocycles. The van der Waals surface area contributed by atoms with Crippen LogP contribution in [0.2, 0.25) is 0 Å². The van der Waals surface area contributed by atoms with E-state index in [0.717, 1.165) is 23.1 Å². The molecule has 5 N–H and O–H groups in total. The van der Waals surface area contributed by atoms with Crippen LogP contribution in [0.15, 0.2) is 83.9 Å². The molecule has 1 amide bonds. The first kappa shape index (κ1) is 26.5. The second-order valence-corrected chi connectivity index (χ2v) is 10.4. The van der Waals surface area contributed by atoms with E-state index in [4.69, 9.17) is 16.2 Å². The number of carbonyl (C=O) groups excluding carboxylic acids is 1. The number of nitrogens with one attached hydrogen (secondary N) is 1. The number of nitrogen functional groups attached to an aromatic ring is 1. The summed E-state index contributed by atoms with van der Waals surface area (Å²) < 4.78 is 60.8. The molecule has 2 heterocycles. The van der Waals surface area contributed by atoms with Gasteiger partial charge in [-0.1, -0.05) is 18.2 Å². The number of sulfonamides is 1. The van der Waals surface area contributed by atoms with Gasteiger partial charge in [0, 0.05) is 34.3 Å². The van der Waals surface area contributed by atoms with E-state index in [1.165, 1.54) is 19.4 Å². The molecule has 0 fully saturated rings. The Morgan fingerprint density at radius 2 is 1.65 bits per heavy atom. The normalized spacial score (nSPS) is 11.4. The molecule has 40 heavy (non-hydrogen) atoms. The predicted molar refractivity (Wildman–Crippen MR) is 147 cm³/mol. The summed E-state index contributed by atoms with van der Waals surface area (Å²) in [5, 5.41) is 0.729. The van der Waals surface area contributed by atoms with Gasteiger partial charge in [0.2, 0.25) is 11.8 Å². The lowest BCUT2D eigenvalue weighted by Gasteiger charge is -2.14. The van der Waals surface area contributed by atoms with Gasteiger partial charge in [0.15, 0.2) is 0 Å². The van der Waals surface area contributed by atoms with E-state index in [0.29, 0.717) is 39.7 Å². The number of ether oxygens (including phenoxy) is 1. The number of nitrogens with zero attached hydrogens (tertiary/aromatic N) is 2. The van der Waals surface area contributed by atoms with Crippen LogP contribution in [0.1, 0.15) is 10.4 Å². The van der Waals surface area contributed by atoms with Crippen molar-refractivity contribution in [2.75, 3.05) is 17.6 Å². The first-order valence-corrected chi connectivity index (χ1v) is 13.2. The molecule has 0 spiro atoms. The van der Waals surface area contributed by atoms with Gasteiger partial charge in [-0.2, -0.15) is 0 Å². The van der Waals surface area contributed by atoms with Crippen LogP contribution >= 0.6 is 0 Å². The Labute approximate surface area is 227 Å². The molecule has 9 nitrogen and oxygen atoms in total. The number of aromatic nitrogens is 2. The molecule has 0 saturated carbocycles. The Morgan fingerprint density at radius 3 is 2.33 bits per heavy atom. The van der Waals surface area contributed by atoms with Crippen molar-refractivity contribution >= 4 is 38.3 Å². The van der Waals surface area contributed by atoms with Crippen LogP contribution in [-0.2, 0) is 10.0 Å². The van der Waals surface area contributed by atoms with Crippen molar-refractivity contribution < 1.29 is 26.7 Å². The van der Waals surface area contributed by atoms with Crippen LogP contribution in [0.4, 0.5) is 20.3 Å². The number of carbonyl (C=O) groups is 1. The smallest absolute Gasteiger partial charge is 0.264 e. The highest BCUT2D eigenvalue weighted by atomic mass is 32.2. The Balaban J connectivity index is 1.54. The third-order valence-corrected chi connectivity index (χ3v) is 7.53. The largest absolute Gasteiger partial charge is 0.480 e. The van der Waals surface area contributed by atoms with Crippen LogP contribution in [0.25, 0.3) is 33.2 Å². The summed E-state index contributed by atoms with van der Waals surface area (Å²) in [7, 11) is -3.13. The minimum atomic E-state index is -4.44. The summed E-state index contributed by atoms with van der Waals surface area (Å²) in [6.07, 6.45) is 1.49. The number of pyridine rings is 2. The molecule has 0 unspecified atom stereocenters. The van der Waals surface area contributed by atoms with Crippen molar-refractivity contribution in [2.45, 2.75) is 4.90 Å². The fraction of sp³-hybridized carbons (Fsp3) is 0.0357. The zero-order valence-electron chi connectivity index (χ0n) is 20.9. The Morgan fingerprint density at radius 1 is 0.925 bits per heavy atom. The molecule has 3 aromatic carbocycles. The van der Waals surface area contributed by atoms with Gasteiger partial charge < -0.3 is 16.2 Å². The van der Waals surface area contributed by atoms with E-state index in [1.54, 1.807) is 36.4 Å². The molecule has 0 aliphatic heterocycles. The Hall–Kier alpha value is -5.10. The lowest BCUT2D eigenvalue weighted by atomic mass is 10.00. The number of halogens is 2. The third-order valence-electron chi connectivity index (χ3n) is 6.13. The van der Waals surface area contributed by atoms with Gasteiger partial charge in [0.05, 0.1) is 12.6 Å². The van der Waals surface area contributed by atoms with Crippen LogP contribution < -0.4 is 20.9 Å². The number of rotatable bonds is 7. The average molecular weight is 562 g/mol. The molecular formula is C28H21F2N5O4S. The highest BCUT2D eigenvalue weighted by Gasteiger charge is 2.22. The van der Waals surface area contributed by atoms with Gasteiger partial charge in [0.1, 0.15) is 28.0 Å². The average Bonchev–Trinajstić information content (AvgIpc) is 2.92. The van der Waals surface area contributed by atoms with Gasteiger partial charge in [-0.3, -0.25) is 9.52 Å². The Kier molecular flexibility index (Phi) is 6.78. The van der Waals surface area contributed by atoms with Crippen LogP contribution in [0.5, 0.6) is 5.88 Å². The maximum Gasteiger partial charge on any atom is 0.264 e. The number of hydrogen-bond acceptors (Lipinski definition) is 7. The number of amides is 1. The summed E-state index contributed by atoms with van der Waals surface area (Å²) in [5.74, 6) is -2.44. The summed E-state index contributed by atoms with van der Waals surface area (Å²) in [6, 6.07) is 17.5. The number of hydrogen-bond donors (Lipinski definition) is 3. The van der Waals surface area contributed by atoms with E-state index in [-0.39, 0.29) is 11.6 Å². The van der Waals surface area contributed by atoms with Gasteiger partial charge in [-0.05, 0) is 59.7 Å². The number of nitrogens with two attached hydrogens (primary N) is 2. The topological polar surface area (TPSA) is 150 Å². The molecule has 0 radical (unpaired) electrons. The Bertz CT molecular complexity index is 1900. The molecule has 0 atom stereocenters. The number of fused-ring (bicyclic) bond motifs is 1. The standard InChI is InChI=1S/C28H21F2N5O4S/c1-39-28-24(35-40(37,38)25-9-7-20(29)13-22(25)30)12-19(14-33-28)17-6-8-23-18(10-17)11-21(26(31)34-23)15-2-4-16(5-3-15)27(32)36/h2-14,35H,1H3,(H2,31,34)(H2,32,36). The molecule has 5 aromatic rings. The molecule has 0 aliphatic rings. The number of primary amides is 1. The van der Waals surface area contributed by atoms with E-state index in [1.807, 2.05) is 12.1 Å². The first-order valence-electron chi connectivity index (χ1n) is 11.7. The highest BCUT2D eigenvalue weighted by molar-refractivity contribution is 7.92. The van der Waals surface area contributed by atoms with Gasteiger partial charge in [0.25, 0.3) is 10.0 Å². The van der Waals surface area contributed by atoms with Crippen molar-refractivity contribution in [2.24, 2.45) is 5.73 Å². The molecule has 0 bridgehead atoms. The van der Waals surface area contributed by atoms with Crippen molar-refractivity contribution in [1.29, 1.82) is 0 Å². The maximum atomic E-state index is 14.2. The minimum Gasteiger partial charge on any atom is -0.480 e. The maximum absolute atomic E-state index is 14.2. The molecule has 0 saturated heterocycles. The molecule has 202 valence electrons. The number of anilines is 2. The minimum absolute atomic E-state index is 0.0468. The van der Waals surface area contributed by atoms with Crippen LogP contribution in [-0.4, -0.2) is 31.4 Å². The van der Waals surface area contributed by atoms with Crippen LogP contribution in [0.3, 0.4) is 0 Å². The van der Waals surface area contributed by atoms with Gasteiger partial charge >= 0.3 is 0 Å². The van der Waals surface area contributed by atoms with Gasteiger partial charge in [-0.15, -0.1) is 0 Å². The monoisotopic (exact) mass is 561 g/mol. The van der Waals surface area contributed by atoms with Crippen molar-refractivity contribution in [3.63, 3.8) is 0 Å². The summed E-state index contributed by atoms with van der Waals surface area (Å²) in [6.45, 7) is 0. The van der Waals surface area contributed by atoms with Crippen molar-refractivity contribution in [3.8, 4) is 28.1 Å². The molecule has 12 heteroatoms. The fourth-order valence-electron chi connectivity index (χ4n) is 4.15. The van der Waals surface area contributed by atoms with Crippen molar-refractivity contribution in [3.05, 3.63) is 96.2 Å². The molecular weight excluding hydrogens is 540 g/mol. The first-order chi connectivity index (χ1) is 19.1. The van der Waals surface area contributed by atoms with E-state index in [9.17, 15) is 22.0 Å². The summed E-state index contributed by atoms with van der Waals surface area (Å²) in [4.78, 5) is 19.4. The lowest BCUT2D eigenvalue weighted by Crippen LogP contribution is -2.15. The zero-order chi connectivity index (χ0) is 28.6. The van der Waals surface area contributed by atoms with Gasteiger partial charge in [-0.25, -0.2) is 27.2 Å². The van der Waals surface area contributed by atoms with E-state index in [2.05, 4.69) is 14.7 Å². The quantitative estimate of drug-likeness (QED) is 0.260. The van der Waals surface area contributed by atoms with Crippen molar-refractivity contribution in [1.82, 2.24) is 9.97 Å². The predicted octanol–water partition coefficient (Wildman–Crippen LogP) is 4.73. The molecule has 5 rings (SSSR count). The van der Waals surface area contributed by atoms with E-state index >= 15 is 0 Å². The SMILES string of the molecule is COc1ncc(-c2ccc3nc(N)c(-c4ccc(C(N)=O)cc4)cc3c2)cc1NS(=O)(=O)c1ccc(F)cc1F. The summed E-state index contributed by atoms with van der Waals surface area (Å²) >= 11 is 0. The zero-order valence-corrected chi connectivity index (χ0v) is 21.7. The second kappa shape index (κ2) is 10.2. The van der Waals surface area contributed by atoms with Crippen LogP contribution in [0, 0.1) is 11.6 Å². The summed E-state index contributed by atoms with van der Waals surface area (Å²) in [5.41, 5.74) is 15.0. The van der Waals surface area contributed by atoms with E-state index < -0.39 is 32.5 Å². The lowest BCUT2D eigenvalue weighted by molar-refractivity contribution is 0.1000. The second-order valence-electron chi connectivity index (χ2n) is 8.73. The molecule has 2 aromatic heterocycles.